The molecule has 0 radical (unpaired) electrons. The zero-order valence-corrected chi connectivity index (χ0v) is 17.8. The SMILES string of the molecule is COc1ccc(CCNC(Oc2ccc(-c3nccn3C)cc2)C(C)O)cc1OC. The molecule has 0 aliphatic carbocycles. The number of aromatic nitrogens is 2. The van der Waals surface area contributed by atoms with Crippen LogP contribution in [0.25, 0.3) is 11.4 Å². The van der Waals surface area contributed by atoms with E-state index in [1.54, 1.807) is 27.3 Å². The first-order valence-electron chi connectivity index (χ1n) is 9.88. The van der Waals surface area contributed by atoms with Gasteiger partial charge in [-0.2, -0.15) is 0 Å². The number of nitrogens with one attached hydrogen (secondary N) is 1. The van der Waals surface area contributed by atoms with E-state index in [4.69, 9.17) is 14.2 Å². The van der Waals surface area contributed by atoms with Crippen LogP contribution in [-0.2, 0) is 13.5 Å². The van der Waals surface area contributed by atoms with Crippen LogP contribution in [-0.4, -0.2) is 47.8 Å². The maximum Gasteiger partial charge on any atom is 0.176 e. The van der Waals surface area contributed by atoms with Gasteiger partial charge in [0.1, 0.15) is 17.7 Å². The van der Waals surface area contributed by atoms with Gasteiger partial charge in [-0.05, 0) is 55.3 Å². The van der Waals surface area contributed by atoms with Crippen LogP contribution in [0.2, 0.25) is 0 Å². The molecule has 0 bridgehead atoms. The maximum absolute atomic E-state index is 10.1. The van der Waals surface area contributed by atoms with Crippen molar-refractivity contribution in [2.24, 2.45) is 7.05 Å². The number of hydrogen-bond donors (Lipinski definition) is 2. The first-order valence-corrected chi connectivity index (χ1v) is 9.88. The molecule has 30 heavy (non-hydrogen) atoms. The summed E-state index contributed by atoms with van der Waals surface area (Å²) in [7, 11) is 5.20. The van der Waals surface area contributed by atoms with E-state index in [1.165, 1.54) is 0 Å². The highest BCUT2D eigenvalue weighted by Gasteiger charge is 2.16. The zero-order chi connectivity index (χ0) is 21.5. The second kappa shape index (κ2) is 10.1. The van der Waals surface area contributed by atoms with Crippen LogP contribution in [0.4, 0.5) is 0 Å². The molecule has 0 amide bonds. The number of methoxy groups -OCH3 is 2. The lowest BCUT2D eigenvalue weighted by Crippen LogP contribution is -2.43. The Balaban J connectivity index is 1.58. The number of ether oxygens (including phenoxy) is 3. The van der Waals surface area contributed by atoms with Crippen LogP contribution in [0.1, 0.15) is 12.5 Å². The fourth-order valence-electron chi connectivity index (χ4n) is 3.18. The number of imidazole rings is 1. The Bertz CT molecular complexity index is 938. The third kappa shape index (κ3) is 5.31. The molecule has 7 heteroatoms. The summed E-state index contributed by atoms with van der Waals surface area (Å²) in [5, 5.41) is 13.4. The minimum Gasteiger partial charge on any atom is -0.493 e. The summed E-state index contributed by atoms with van der Waals surface area (Å²) in [6.45, 7) is 2.34. The van der Waals surface area contributed by atoms with Gasteiger partial charge in [-0.1, -0.05) is 6.07 Å². The number of aryl methyl sites for hydroxylation is 1. The summed E-state index contributed by atoms with van der Waals surface area (Å²) in [4.78, 5) is 4.35. The van der Waals surface area contributed by atoms with E-state index in [9.17, 15) is 5.11 Å². The summed E-state index contributed by atoms with van der Waals surface area (Å²) in [6, 6.07) is 13.5. The quantitative estimate of drug-likeness (QED) is 0.500. The third-order valence-corrected chi connectivity index (χ3v) is 4.84. The first-order chi connectivity index (χ1) is 14.5. The third-order valence-electron chi connectivity index (χ3n) is 4.84. The minimum atomic E-state index is -0.676. The predicted octanol–water partition coefficient (Wildman–Crippen LogP) is 3.02. The largest absolute Gasteiger partial charge is 0.493 e. The molecule has 1 aromatic heterocycles. The van der Waals surface area contributed by atoms with Gasteiger partial charge in [0, 0.05) is 31.5 Å². The van der Waals surface area contributed by atoms with E-state index in [2.05, 4.69) is 10.3 Å². The monoisotopic (exact) mass is 411 g/mol. The van der Waals surface area contributed by atoms with E-state index in [0.29, 0.717) is 23.8 Å². The molecule has 2 atom stereocenters. The molecule has 3 aromatic rings. The summed E-state index contributed by atoms with van der Waals surface area (Å²) >= 11 is 0. The van der Waals surface area contributed by atoms with Crippen molar-refractivity contribution < 1.29 is 19.3 Å². The fraction of sp³-hybridized carbons (Fsp3) is 0.348. The zero-order valence-electron chi connectivity index (χ0n) is 17.8. The highest BCUT2D eigenvalue weighted by molar-refractivity contribution is 5.56. The fourth-order valence-corrected chi connectivity index (χ4v) is 3.18. The van der Waals surface area contributed by atoms with Crippen molar-refractivity contribution in [3.05, 3.63) is 60.4 Å². The van der Waals surface area contributed by atoms with Crippen molar-refractivity contribution in [2.75, 3.05) is 20.8 Å². The minimum absolute atomic E-state index is 0.524. The van der Waals surface area contributed by atoms with Crippen molar-refractivity contribution >= 4 is 0 Å². The van der Waals surface area contributed by atoms with E-state index in [0.717, 1.165) is 23.4 Å². The molecule has 0 aliphatic heterocycles. The van der Waals surface area contributed by atoms with Crippen LogP contribution in [0.5, 0.6) is 17.2 Å². The standard InChI is InChI=1S/C23H29N3O4/c1-16(27)23(25-12-11-17-5-10-20(28-3)21(15-17)29-4)30-19-8-6-18(7-9-19)22-24-13-14-26(22)2/h5-10,13-16,23,25,27H,11-12H2,1-4H3. The second-order valence-corrected chi connectivity index (χ2v) is 7.06. The number of aliphatic hydroxyl groups is 1. The van der Waals surface area contributed by atoms with Gasteiger partial charge >= 0.3 is 0 Å². The average Bonchev–Trinajstić information content (AvgIpc) is 3.19. The molecule has 0 spiro atoms. The van der Waals surface area contributed by atoms with E-state index in [-0.39, 0.29) is 0 Å². The van der Waals surface area contributed by atoms with Crippen molar-refractivity contribution in [1.29, 1.82) is 0 Å². The van der Waals surface area contributed by atoms with Crippen LogP contribution in [0.3, 0.4) is 0 Å². The van der Waals surface area contributed by atoms with Crippen molar-refractivity contribution in [2.45, 2.75) is 25.7 Å². The number of aliphatic hydroxyl groups excluding tert-OH is 1. The Morgan fingerprint density at radius 3 is 2.40 bits per heavy atom. The Labute approximate surface area is 177 Å². The Morgan fingerprint density at radius 1 is 1.07 bits per heavy atom. The molecule has 3 rings (SSSR count). The summed E-state index contributed by atoms with van der Waals surface area (Å²) in [6.07, 6.45) is 3.23. The number of benzene rings is 2. The molecule has 0 fully saturated rings. The van der Waals surface area contributed by atoms with Gasteiger partial charge in [0.2, 0.25) is 0 Å². The van der Waals surface area contributed by atoms with Crippen molar-refractivity contribution in [3.63, 3.8) is 0 Å². The second-order valence-electron chi connectivity index (χ2n) is 7.06. The average molecular weight is 412 g/mol. The maximum atomic E-state index is 10.1. The number of nitrogens with zero attached hydrogens (tertiary/aromatic N) is 2. The molecule has 1 heterocycles. The Hall–Kier alpha value is -3.03. The number of rotatable bonds is 10. The van der Waals surface area contributed by atoms with Gasteiger partial charge in [-0.15, -0.1) is 0 Å². The van der Waals surface area contributed by atoms with Gasteiger partial charge in [0.25, 0.3) is 0 Å². The summed E-state index contributed by atoms with van der Waals surface area (Å²) in [5.41, 5.74) is 2.11. The lowest BCUT2D eigenvalue weighted by atomic mass is 10.1. The summed E-state index contributed by atoms with van der Waals surface area (Å²) < 4.78 is 18.5. The van der Waals surface area contributed by atoms with Crippen molar-refractivity contribution in [3.8, 4) is 28.6 Å². The molecule has 2 aromatic carbocycles. The normalized spacial score (nSPS) is 13.0. The molecule has 160 valence electrons. The number of hydrogen-bond acceptors (Lipinski definition) is 6. The lowest BCUT2D eigenvalue weighted by Gasteiger charge is -2.23. The molecule has 0 aliphatic rings. The molecule has 2 unspecified atom stereocenters. The van der Waals surface area contributed by atoms with E-state index < -0.39 is 12.3 Å². The van der Waals surface area contributed by atoms with Crippen LogP contribution in [0.15, 0.2) is 54.9 Å². The van der Waals surface area contributed by atoms with Gasteiger partial charge in [0.15, 0.2) is 17.7 Å². The predicted molar refractivity (Wildman–Crippen MR) is 116 cm³/mol. The van der Waals surface area contributed by atoms with Gasteiger partial charge in [0.05, 0.1) is 14.2 Å². The van der Waals surface area contributed by atoms with E-state index >= 15 is 0 Å². The molecular formula is C23H29N3O4. The van der Waals surface area contributed by atoms with Crippen LogP contribution < -0.4 is 19.5 Å². The summed E-state index contributed by atoms with van der Waals surface area (Å²) in [5.74, 6) is 2.97. The molecule has 0 saturated carbocycles. The molecule has 7 nitrogen and oxygen atoms in total. The highest BCUT2D eigenvalue weighted by atomic mass is 16.5. The van der Waals surface area contributed by atoms with Crippen LogP contribution in [0, 0.1) is 0 Å². The van der Waals surface area contributed by atoms with E-state index in [1.807, 2.05) is 60.3 Å². The Morgan fingerprint density at radius 2 is 1.80 bits per heavy atom. The molecule has 0 saturated heterocycles. The Kier molecular flexibility index (Phi) is 7.32. The highest BCUT2D eigenvalue weighted by Crippen LogP contribution is 2.27. The molecular weight excluding hydrogens is 382 g/mol. The molecule has 2 N–H and O–H groups in total. The van der Waals surface area contributed by atoms with Crippen LogP contribution >= 0.6 is 0 Å². The smallest absolute Gasteiger partial charge is 0.176 e. The first kappa shape index (κ1) is 21.7. The van der Waals surface area contributed by atoms with Gasteiger partial charge in [-0.3, -0.25) is 5.32 Å². The lowest BCUT2D eigenvalue weighted by molar-refractivity contribution is 0.0274. The van der Waals surface area contributed by atoms with Gasteiger partial charge < -0.3 is 23.9 Å². The van der Waals surface area contributed by atoms with Gasteiger partial charge in [-0.25, -0.2) is 4.98 Å². The van der Waals surface area contributed by atoms with Crippen molar-refractivity contribution in [1.82, 2.24) is 14.9 Å². The topological polar surface area (TPSA) is 77.8 Å².